The van der Waals surface area contributed by atoms with Crippen molar-refractivity contribution in [2.75, 3.05) is 13.2 Å². The van der Waals surface area contributed by atoms with Crippen molar-refractivity contribution in [2.45, 2.75) is 31.8 Å². The number of aryl methyl sites for hydroxylation is 1. The highest BCUT2D eigenvalue weighted by molar-refractivity contribution is 5.76. The fraction of sp³-hybridized carbons (Fsp3) is 0.389. The minimum Gasteiger partial charge on any atom is -0.461 e. The predicted octanol–water partition coefficient (Wildman–Crippen LogP) is 3.31. The van der Waals surface area contributed by atoms with Crippen LogP contribution < -0.4 is 5.32 Å². The first-order chi connectivity index (χ1) is 11.2. The highest BCUT2D eigenvalue weighted by Gasteiger charge is 2.16. The molecule has 1 fully saturated rings. The lowest BCUT2D eigenvalue weighted by atomic mass is 10.2. The van der Waals surface area contributed by atoms with Crippen LogP contribution in [0.25, 0.3) is 11.3 Å². The van der Waals surface area contributed by atoms with Crippen LogP contribution in [0.5, 0.6) is 0 Å². The first-order valence-electron chi connectivity index (χ1n) is 7.93. The molecule has 2 aromatic rings. The average Bonchev–Trinajstić information content (AvgIpc) is 3.23. The van der Waals surface area contributed by atoms with E-state index in [2.05, 4.69) is 5.32 Å². The molecule has 1 saturated heterocycles. The molecule has 1 aliphatic heterocycles. The van der Waals surface area contributed by atoms with Gasteiger partial charge in [0, 0.05) is 31.6 Å². The smallest absolute Gasteiger partial charge is 0.220 e. The largest absolute Gasteiger partial charge is 0.461 e. The molecule has 1 N–H and O–H groups in total. The van der Waals surface area contributed by atoms with Gasteiger partial charge in [-0.1, -0.05) is 0 Å². The van der Waals surface area contributed by atoms with Crippen LogP contribution in [-0.2, 0) is 16.0 Å². The number of rotatable bonds is 6. The van der Waals surface area contributed by atoms with Gasteiger partial charge in [0.05, 0.1) is 6.10 Å². The molecule has 0 saturated carbocycles. The van der Waals surface area contributed by atoms with Crippen LogP contribution in [0.4, 0.5) is 4.39 Å². The highest BCUT2D eigenvalue weighted by Crippen LogP contribution is 2.23. The van der Waals surface area contributed by atoms with Crippen molar-refractivity contribution in [3.63, 3.8) is 0 Å². The molecule has 1 amide bonds. The Kier molecular flexibility index (Phi) is 5.08. The van der Waals surface area contributed by atoms with E-state index in [0.717, 1.165) is 30.8 Å². The van der Waals surface area contributed by atoms with E-state index >= 15 is 0 Å². The van der Waals surface area contributed by atoms with E-state index in [1.165, 1.54) is 12.1 Å². The van der Waals surface area contributed by atoms with Gasteiger partial charge in [-0.3, -0.25) is 4.79 Å². The van der Waals surface area contributed by atoms with E-state index < -0.39 is 0 Å². The molecule has 4 nitrogen and oxygen atoms in total. The van der Waals surface area contributed by atoms with Crippen LogP contribution in [0.15, 0.2) is 40.8 Å². The summed E-state index contributed by atoms with van der Waals surface area (Å²) in [5.74, 6) is 1.15. The van der Waals surface area contributed by atoms with Crippen LogP contribution in [0.3, 0.4) is 0 Å². The number of ether oxygens (including phenoxy) is 1. The van der Waals surface area contributed by atoms with Crippen molar-refractivity contribution >= 4 is 5.91 Å². The Morgan fingerprint density at radius 3 is 2.78 bits per heavy atom. The van der Waals surface area contributed by atoms with E-state index in [-0.39, 0.29) is 17.8 Å². The minimum atomic E-state index is -0.275. The van der Waals surface area contributed by atoms with Crippen molar-refractivity contribution in [3.8, 4) is 11.3 Å². The fourth-order valence-corrected chi connectivity index (χ4v) is 2.64. The van der Waals surface area contributed by atoms with Crippen molar-refractivity contribution in [3.05, 3.63) is 48.0 Å². The van der Waals surface area contributed by atoms with Gasteiger partial charge in [-0.05, 0) is 49.2 Å². The number of carbonyl (C=O) groups excluding carboxylic acids is 1. The summed E-state index contributed by atoms with van der Waals surface area (Å²) in [7, 11) is 0. The number of amides is 1. The summed E-state index contributed by atoms with van der Waals surface area (Å²) in [5.41, 5.74) is 0.820. The SMILES string of the molecule is O=C(CCc1ccc(-c2ccc(F)cc2)o1)NCC1CCCO1. The molecule has 0 aliphatic carbocycles. The third kappa shape index (κ3) is 4.42. The predicted molar refractivity (Wildman–Crippen MR) is 84.4 cm³/mol. The summed E-state index contributed by atoms with van der Waals surface area (Å²) in [6.07, 6.45) is 3.16. The van der Waals surface area contributed by atoms with Gasteiger partial charge in [-0.15, -0.1) is 0 Å². The van der Waals surface area contributed by atoms with Crippen LogP contribution in [0.1, 0.15) is 25.0 Å². The molecule has 1 atom stereocenters. The van der Waals surface area contributed by atoms with Gasteiger partial charge in [0.2, 0.25) is 5.91 Å². The number of hydrogen-bond acceptors (Lipinski definition) is 3. The maximum absolute atomic E-state index is 12.9. The molecule has 23 heavy (non-hydrogen) atoms. The molecule has 0 spiro atoms. The number of benzene rings is 1. The molecule has 2 heterocycles. The Morgan fingerprint density at radius 2 is 2.04 bits per heavy atom. The number of hydrogen-bond donors (Lipinski definition) is 1. The highest BCUT2D eigenvalue weighted by atomic mass is 19.1. The molecule has 1 unspecified atom stereocenters. The molecule has 122 valence electrons. The Hall–Kier alpha value is -2.14. The van der Waals surface area contributed by atoms with Crippen LogP contribution in [0, 0.1) is 5.82 Å². The van der Waals surface area contributed by atoms with Crippen molar-refractivity contribution in [1.29, 1.82) is 0 Å². The summed E-state index contributed by atoms with van der Waals surface area (Å²) in [5, 5.41) is 2.89. The second-order valence-electron chi connectivity index (χ2n) is 5.71. The third-order valence-electron chi connectivity index (χ3n) is 3.94. The topological polar surface area (TPSA) is 51.5 Å². The number of carbonyl (C=O) groups is 1. The molecule has 0 radical (unpaired) electrons. The quantitative estimate of drug-likeness (QED) is 0.889. The van der Waals surface area contributed by atoms with E-state index in [4.69, 9.17) is 9.15 Å². The second kappa shape index (κ2) is 7.42. The molecule has 1 aliphatic rings. The van der Waals surface area contributed by atoms with Gasteiger partial charge in [0.25, 0.3) is 0 Å². The normalized spacial score (nSPS) is 17.3. The Labute approximate surface area is 134 Å². The molecule has 0 bridgehead atoms. The minimum absolute atomic E-state index is 0.000215. The molecular weight excluding hydrogens is 297 g/mol. The summed E-state index contributed by atoms with van der Waals surface area (Å²) >= 11 is 0. The van der Waals surface area contributed by atoms with Gasteiger partial charge in [0.1, 0.15) is 17.3 Å². The molecule has 3 rings (SSSR count). The zero-order valence-corrected chi connectivity index (χ0v) is 12.9. The maximum Gasteiger partial charge on any atom is 0.220 e. The first-order valence-corrected chi connectivity index (χ1v) is 7.93. The zero-order valence-electron chi connectivity index (χ0n) is 12.9. The number of halogens is 1. The maximum atomic E-state index is 12.9. The van der Waals surface area contributed by atoms with Gasteiger partial charge in [-0.2, -0.15) is 0 Å². The first kappa shape index (κ1) is 15.7. The zero-order chi connectivity index (χ0) is 16.1. The van der Waals surface area contributed by atoms with E-state index in [1.54, 1.807) is 12.1 Å². The summed E-state index contributed by atoms with van der Waals surface area (Å²) in [4.78, 5) is 11.8. The Balaban J connectivity index is 1.47. The van der Waals surface area contributed by atoms with Crippen molar-refractivity contribution in [2.24, 2.45) is 0 Å². The Bertz CT molecular complexity index is 645. The van der Waals surface area contributed by atoms with E-state index in [9.17, 15) is 9.18 Å². The third-order valence-corrected chi connectivity index (χ3v) is 3.94. The summed E-state index contributed by atoms with van der Waals surface area (Å²) in [6, 6.07) is 9.84. The van der Waals surface area contributed by atoms with Crippen molar-refractivity contribution < 1.29 is 18.3 Å². The van der Waals surface area contributed by atoms with Crippen LogP contribution >= 0.6 is 0 Å². The fourth-order valence-electron chi connectivity index (χ4n) is 2.64. The van der Waals surface area contributed by atoms with Gasteiger partial charge >= 0.3 is 0 Å². The lowest BCUT2D eigenvalue weighted by Crippen LogP contribution is -2.31. The molecule has 1 aromatic carbocycles. The standard InChI is InChI=1S/C18H20FNO3/c19-14-5-3-13(4-6-14)17-9-7-15(23-17)8-10-18(21)20-12-16-2-1-11-22-16/h3-7,9,16H,1-2,8,10-12H2,(H,20,21). The molecular formula is C18H20FNO3. The summed E-state index contributed by atoms with van der Waals surface area (Å²) < 4.78 is 24.1. The lowest BCUT2D eigenvalue weighted by molar-refractivity contribution is -0.121. The van der Waals surface area contributed by atoms with Gasteiger partial charge in [0.15, 0.2) is 0 Å². The Morgan fingerprint density at radius 1 is 1.22 bits per heavy atom. The van der Waals surface area contributed by atoms with Crippen LogP contribution in [-0.4, -0.2) is 25.2 Å². The number of furan rings is 1. The monoisotopic (exact) mass is 317 g/mol. The van der Waals surface area contributed by atoms with E-state index in [0.29, 0.717) is 25.1 Å². The van der Waals surface area contributed by atoms with E-state index in [1.807, 2.05) is 12.1 Å². The second-order valence-corrected chi connectivity index (χ2v) is 5.71. The van der Waals surface area contributed by atoms with Gasteiger partial charge in [-0.25, -0.2) is 4.39 Å². The number of nitrogens with one attached hydrogen (secondary N) is 1. The molecule has 1 aromatic heterocycles. The van der Waals surface area contributed by atoms with Gasteiger partial charge < -0.3 is 14.5 Å². The average molecular weight is 317 g/mol. The van der Waals surface area contributed by atoms with Crippen LogP contribution in [0.2, 0.25) is 0 Å². The molecule has 5 heteroatoms. The summed E-state index contributed by atoms with van der Waals surface area (Å²) in [6.45, 7) is 1.37. The van der Waals surface area contributed by atoms with Crippen molar-refractivity contribution in [1.82, 2.24) is 5.32 Å². The lowest BCUT2D eigenvalue weighted by Gasteiger charge is -2.10.